The summed E-state index contributed by atoms with van der Waals surface area (Å²) in [5, 5.41) is 11.3. The number of rotatable bonds is 6. The molecule has 1 aliphatic rings. The number of halogens is 4. The lowest BCUT2D eigenvalue weighted by Crippen LogP contribution is -2.22. The summed E-state index contributed by atoms with van der Waals surface area (Å²) in [6.45, 7) is 1.26. The van der Waals surface area contributed by atoms with E-state index < -0.39 is 23.6 Å². The maximum atomic E-state index is 14.5. The minimum absolute atomic E-state index is 0.0627. The fraction of sp³-hybridized carbons (Fsp3) is 0.192. The second-order valence-electron chi connectivity index (χ2n) is 8.63. The van der Waals surface area contributed by atoms with Gasteiger partial charge < -0.3 is 20.3 Å². The third-order valence-electron chi connectivity index (χ3n) is 5.90. The maximum absolute atomic E-state index is 14.5. The van der Waals surface area contributed by atoms with Crippen LogP contribution in [0.4, 0.5) is 39.4 Å². The van der Waals surface area contributed by atoms with Gasteiger partial charge in [0.05, 0.1) is 23.1 Å². The van der Waals surface area contributed by atoms with E-state index in [2.05, 4.69) is 25.8 Å². The largest absolute Gasteiger partial charge is 0.439 e. The van der Waals surface area contributed by atoms with Gasteiger partial charge >= 0.3 is 12.2 Å². The average Bonchev–Trinajstić information content (AvgIpc) is 3.61. The van der Waals surface area contributed by atoms with Gasteiger partial charge in [-0.3, -0.25) is 5.10 Å². The van der Waals surface area contributed by atoms with Crippen LogP contribution in [0.2, 0.25) is 0 Å². The highest BCUT2D eigenvalue weighted by Crippen LogP contribution is 2.35. The molecule has 1 saturated heterocycles. The van der Waals surface area contributed by atoms with E-state index in [0.29, 0.717) is 24.5 Å². The van der Waals surface area contributed by atoms with Crippen molar-refractivity contribution >= 4 is 23.1 Å². The van der Waals surface area contributed by atoms with Gasteiger partial charge in [0.25, 0.3) is 0 Å². The summed E-state index contributed by atoms with van der Waals surface area (Å²) in [6, 6.07) is 11.3. The highest BCUT2D eigenvalue weighted by Gasteiger charge is 2.32. The normalized spacial score (nSPS) is 13.4. The number of nitrogens with one attached hydrogen (secondary N) is 3. The molecule has 8 nitrogen and oxygen atoms in total. The van der Waals surface area contributed by atoms with Crippen LogP contribution in [0.25, 0.3) is 11.3 Å². The molecular formula is C26H22F4N6O2. The zero-order chi connectivity index (χ0) is 26.7. The second kappa shape index (κ2) is 10.4. The van der Waals surface area contributed by atoms with Crippen molar-refractivity contribution in [3.63, 3.8) is 0 Å². The van der Waals surface area contributed by atoms with Gasteiger partial charge in [-0.25, -0.2) is 14.2 Å². The SMILES string of the molecule is O=C(Nc1cc(N2CCCC2)cc(C(F)(F)F)c1)Nc1cc(Oc2cccc(-c3cn[nH]c3)n2)ccc1F. The van der Waals surface area contributed by atoms with E-state index in [-0.39, 0.29) is 23.0 Å². The smallest absolute Gasteiger partial charge is 0.416 e. The summed E-state index contributed by atoms with van der Waals surface area (Å²) < 4.78 is 60.6. The third kappa shape index (κ3) is 5.85. The van der Waals surface area contributed by atoms with Crippen molar-refractivity contribution in [3.05, 3.63) is 78.4 Å². The monoisotopic (exact) mass is 526 g/mol. The van der Waals surface area contributed by atoms with Gasteiger partial charge in [0.15, 0.2) is 0 Å². The summed E-state index contributed by atoms with van der Waals surface area (Å²) in [4.78, 5) is 18.8. The Labute approximate surface area is 214 Å². The first-order valence-electron chi connectivity index (χ1n) is 11.7. The minimum atomic E-state index is -4.59. The zero-order valence-electron chi connectivity index (χ0n) is 19.8. The van der Waals surface area contributed by atoms with Crippen LogP contribution < -0.4 is 20.3 Å². The Bertz CT molecular complexity index is 1440. The van der Waals surface area contributed by atoms with Crippen molar-refractivity contribution in [2.24, 2.45) is 0 Å². The second-order valence-corrected chi connectivity index (χ2v) is 8.63. The molecule has 0 unspecified atom stereocenters. The Kier molecular flexibility index (Phi) is 6.86. The van der Waals surface area contributed by atoms with Gasteiger partial charge in [-0.15, -0.1) is 0 Å². The van der Waals surface area contributed by atoms with Crippen molar-refractivity contribution in [2.75, 3.05) is 28.6 Å². The molecule has 12 heteroatoms. The Balaban J connectivity index is 1.32. The average molecular weight is 526 g/mol. The lowest BCUT2D eigenvalue weighted by atomic mass is 10.1. The van der Waals surface area contributed by atoms with Crippen LogP contribution in [-0.4, -0.2) is 34.3 Å². The lowest BCUT2D eigenvalue weighted by molar-refractivity contribution is -0.137. The highest BCUT2D eigenvalue weighted by molar-refractivity contribution is 6.00. The number of benzene rings is 2. The first kappa shape index (κ1) is 25.1. The highest BCUT2D eigenvalue weighted by atomic mass is 19.4. The number of carbonyl (C=O) groups is 1. The maximum Gasteiger partial charge on any atom is 0.416 e. The van der Waals surface area contributed by atoms with Crippen LogP contribution in [0.1, 0.15) is 18.4 Å². The molecule has 1 fully saturated rings. The first-order chi connectivity index (χ1) is 18.2. The van der Waals surface area contributed by atoms with E-state index in [1.807, 2.05) is 4.90 Å². The molecule has 0 bridgehead atoms. The number of aromatic nitrogens is 3. The number of hydrogen-bond donors (Lipinski definition) is 3. The van der Waals surface area contributed by atoms with Gasteiger partial charge in [-0.1, -0.05) is 6.07 Å². The van der Waals surface area contributed by atoms with Crippen LogP contribution in [0.3, 0.4) is 0 Å². The van der Waals surface area contributed by atoms with E-state index in [4.69, 9.17) is 4.74 Å². The number of urea groups is 1. The molecular weight excluding hydrogens is 504 g/mol. The van der Waals surface area contributed by atoms with Gasteiger partial charge in [0.1, 0.15) is 11.6 Å². The Hall–Kier alpha value is -4.61. The number of nitrogens with zero attached hydrogens (tertiary/aromatic N) is 3. The van der Waals surface area contributed by atoms with Gasteiger partial charge in [0, 0.05) is 48.4 Å². The van der Waals surface area contributed by atoms with Crippen molar-refractivity contribution < 1.29 is 27.1 Å². The molecule has 5 rings (SSSR count). The number of aromatic amines is 1. The number of anilines is 3. The van der Waals surface area contributed by atoms with Crippen LogP contribution in [0.5, 0.6) is 11.6 Å². The summed E-state index contributed by atoms with van der Waals surface area (Å²) in [6.07, 6.45) is 0.427. The molecule has 2 aromatic heterocycles. The summed E-state index contributed by atoms with van der Waals surface area (Å²) in [5.74, 6) is -0.340. The molecule has 3 heterocycles. The standard InChI is InChI=1S/C26H22F4N6O2/c27-21-7-6-20(38-24-5-3-4-22(34-24)16-14-31-32-15-16)13-23(21)35-25(37)33-18-10-17(26(28,29)30)11-19(12-18)36-8-1-2-9-36/h3-7,10-15H,1-2,8-9H2,(H,31,32)(H2,33,35,37). The number of H-pyrrole nitrogens is 1. The molecule has 0 spiro atoms. The predicted molar refractivity (Wildman–Crippen MR) is 134 cm³/mol. The Morgan fingerprint density at radius 1 is 1.03 bits per heavy atom. The predicted octanol–water partition coefficient (Wildman–Crippen LogP) is 6.67. The fourth-order valence-corrected chi connectivity index (χ4v) is 4.10. The van der Waals surface area contributed by atoms with Gasteiger partial charge in [-0.05, 0) is 49.2 Å². The fourth-order valence-electron chi connectivity index (χ4n) is 4.10. The number of carbonyl (C=O) groups excluding carboxylic acids is 1. The number of alkyl halides is 3. The van der Waals surface area contributed by atoms with Crippen molar-refractivity contribution in [3.8, 4) is 22.9 Å². The van der Waals surface area contributed by atoms with E-state index >= 15 is 0 Å². The number of ether oxygens (including phenoxy) is 1. The molecule has 0 saturated carbocycles. The van der Waals surface area contributed by atoms with Crippen molar-refractivity contribution in [1.29, 1.82) is 0 Å². The Morgan fingerprint density at radius 3 is 2.58 bits per heavy atom. The summed E-state index contributed by atoms with van der Waals surface area (Å²) in [5.41, 5.74) is 0.537. The van der Waals surface area contributed by atoms with Crippen LogP contribution in [-0.2, 0) is 6.18 Å². The topological polar surface area (TPSA) is 95.2 Å². The van der Waals surface area contributed by atoms with Crippen molar-refractivity contribution in [2.45, 2.75) is 19.0 Å². The third-order valence-corrected chi connectivity index (χ3v) is 5.90. The Morgan fingerprint density at radius 2 is 1.84 bits per heavy atom. The molecule has 196 valence electrons. The molecule has 0 radical (unpaired) electrons. The van der Waals surface area contributed by atoms with E-state index in [0.717, 1.165) is 36.6 Å². The quantitative estimate of drug-likeness (QED) is 0.244. The number of amides is 2. The zero-order valence-corrected chi connectivity index (χ0v) is 19.8. The minimum Gasteiger partial charge on any atom is -0.439 e. The lowest BCUT2D eigenvalue weighted by Gasteiger charge is -2.21. The van der Waals surface area contributed by atoms with Gasteiger partial charge in [0.2, 0.25) is 5.88 Å². The molecule has 0 aliphatic carbocycles. The van der Waals surface area contributed by atoms with Crippen LogP contribution >= 0.6 is 0 Å². The molecule has 1 aliphatic heterocycles. The molecule has 3 N–H and O–H groups in total. The molecule has 2 aromatic carbocycles. The molecule has 2 amide bonds. The number of pyridine rings is 1. The summed E-state index contributed by atoms with van der Waals surface area (Å²) in [7, 11) is 0. The van der Waals surface area contributed by atoms with E-state index in [9.17, 15) is 22.4 Å². The van der Waals surface area contributed by atoms with E-state index in [1.165, 1.54) is 18.2 Å². The molecule has 4 aromatic rings. The summed E-state index contributed by atoms with van der Waals surface area (Å²) >= 11 is 0. The molecule has 38 heavy (non-hydrogen) atoms. The van der Waals surface area contributed by atoms with Crippen LogP contribution in [0.15, 0.2) is 67.0 Å². The van der Waals surface area contributed by atoms with Gasteiger partial charge in [-0.2, -0.15) is 18.3 Å². The molecule has 0 atom stereocenters. The number of hydrogen-bond acceptors (Lipinski definition) is 5. The van der Waals surface area contributed by atoms with E-state index in [1.54, 1.807) is 30.6 Å². The first-order valence-corrected chi connectivity index (χ1v) is 11.7. The van der Waals surface area contributed by atoms with Crippen LogP contribution in [0, 0.1) is 5.82 Å². The van der Waals surface area contributed by atoms with Crippen molar-refractivity contribution in [1.82, 2.24) is 15.2 Å².